The fourth-order valence-electron chi connectivity index (χ4n) is 1.84. The molecule has 0 spiro atoms. The van der Waals surface area contributed by atoms with Crippen LogP contribution in [0.15, 0.2) is 66.9 Å². The van der Waals surface area contributed by atoms with Gasteiger partial charge in [-0.15, -0.1) is 0 Å². The van der Waals surface area contributed by atoms with E-state index in [-0.39, 0.29) is 11.6 Å². The Morgan fingerprint density at radius 2 is 1.57 bits per heavy atom. The minimum Gasteiger partial charge on any atom is -0.477 e. The standard InChI is InChI=1S/C17H12N2O4/c20-17(21)14-7-4-9-16(19-14)23-13-6-3-5-12(11-13)22-15-8-1-2-10-18-15/h1-11H,(H,20,21). The summed E-state index contributed by atoms with van der Waals surface area (Å²) in [4.78, 5) is 18.9. The zero-order chi connectivity index (χ0) is 16.1. The second-order valence-electron chi connectivity index (χ2n) is 4.51. The number of carbonyl (C=O) groups is 1. The molecule has 23 heavy (non-hydrogen) atoms. The summed E-state index contributed by atoms with van der Waals surface area (Å²) in [6.45, 7) is 0. The number of nitrogens with zero attached hydrogens (tertiary/aromatic N) is 2. The van der Waals surface area contributed by atoms with Crippen molar-refractivity contribution in [2.24, 2.45) is 0 Å². The van der Waals surface area contributed by atoms with E-state index < -0.39 is 5.97 Å². The van der Waals surface area contributed by atoms with E-state index in [9.17, 15) is 4.79 Å². The van der Waals surface area contributed by atoms with E-state index in [1.807, 2.05) is 6.07 Å². The molecule has 114 valence electrons. The smallest absolute Gasteiger partial charge is 0.354 e. The average Bonchev–Trinajstić information content (AvgIpc) is 2.56. The molecule has 0 radical (unpaired) electrons. The van der Waals surface area contributed by atoms with Crippen molar-refractivity contribution in [3.63, 3.8) is 0 Å². The molecular weight excluding hydrogens is 296 g/mol. The van der Waals surface area contributed by atoms with E-state index in [1.54, 1.807) is 54.7 Å². The van der Waals surface area contributed by atoms with Gasteiger partial charge in [-0.25, -0.2) is 14.8 Å². The second-order valence-corrected chi connectivity index (χ2v) is 4.51. The maximum Gasteiger partial charge on any atom is 0.354 e. The molecule has 3 aromatic rings. The summed E-state index contributed by atoms with van der Waals surface area (Å²) in [5.74, 6) is 0.585. The molecule has 0 aliphatic carbocycles. The van der Waals surface area contributed by atoms with Crippen molar-refractivity contribution in [3.8, 4) is 23.3 Å². The van der Waals surface area contributed by atoms with Crippen LogP contribution in [0.1, 0.15) is 10.5 Å². The summed E-state index contributed by atoms with van der Waals surface area (Å²) in [7, 11) is 0. The van der Waals surface area contributed by atoms with Gasteiger partial charge in [-0.05, 0) is 24.3 Å². The van der Waals surface area contributed by atoms with E-state index in [1.165, 1.54) is 6.07 Å². The van der Waals surface area contributed by atoms with Crippen LogP contribution >= 0.6 is 0 Å². The highest BCUT2D eigenvalue weighted by Crippen LogP contribution is 2.26. The maximum atomic E-state index is 10.9. The number of ether oxygens (including phenoxy) is 2. The molecule has 0 aliphatic rings. The third-order valence-corrected chi connectivity index (χ3v) is 2.83. The van der Waals surface area contributed by atoms with Crippen LogP contribution in [-0.2, 0) is 0 Å². The van der Waals surface area contributed by atoms with Crippen LogP contribution in [0, 0.1) is 0 Å². The lowest BCUT2D eigenvalue weighted by atomic mass is 10.3. The van der Waals surface area contributed by atoms with Crippen LogP contribution in [0.25, 0.3) is 0 Å². The molecule has 0 saturated heterocycles. The lowest BCUT2D eigenvalue weighted by Gasteiger charge is -2.08. The van der Waals surface area contributed by atoms with Crippen LogP contribution in [0.2, 0.25) is 0 Å². The lowest BCUT2D eigenvalue weighted by molar-refractivity contribution is 0.0689. The van der Waals surface area contributed by atoms with Crippen molar-refractivity contribution in [2.75, 3.05) is 0 Å². The fourth-order valence-corrected chi connectivity index (χ4v) is 1.84. The minimum atomic E-state index is -1.11. The van der Waals surface area contributed by atoms with Gasteiger partial charge in [0.15, 0.2) is 5.69 Å². The molecule has 0 atom stereocenters. The normalized spacial score (nSPS) is 10.1. The van der Waals surface area contributed by atoms with Crippen molar-refractivity contribution >= 4 is 5.97 Å². The largest absolute Gasteiger partial charge is 0.477 e. The van der Waals surface area contributed by atoms with Gasteiger partial charge in [-0.1, -0.05) is 18.2 Å². The monoisotopic (exact) mass is 308 g/mol. The summed E-state index contributed by atoms with van der Waals surface area (Å²) in [6, 6.07) is 16.8. The lowest BCUT2D eigenvalue weighted by Crippen LogP contribution is -2.00. The molecule has 0 saturated carbocycles. The zero-order valence-corrected chi connectivity index (χ0v) is 11.9. The predicted molar refractivity (Wildman–Crippen MR) is 82.0 cm³/mol. The zero-order valence-electron chi connectivity index (χ0n) is 11.9. The molecule has 1 N–H and O–H groups in total. The highest BCUT2D eigenvalue weighted by molar-refractivity contribution is 5.85. The van der Waals surface area contributed by atoms with Crippen LogP contribution < -0.4 is 9.47 Å². The Balaban J connectivity index is 1.77. The number of hydrogen-bond donors (Lipinski definition) is 1. The van der Waals surface area contributed by atoms with Crippen molar-refractivity contribution < 1.29 is 19.4 Å². The molecule has 0 aliphatic heterocycles. The van der Waals surface area contributed by atoms with Gasteiger partial charge in [0.1, 0.15) is 11.5 Å². The minimum absolute atomic E-state index is 0.0802. The summed E-state index contributed by atoms with van der Waals surface area (Å²) < 4.78 is 11.2. The Morgan fingerprint density at radius 3 is 2.26 bits per heavy atom. The quantitative estimate of drug-likeness (QED) is 0.773. The molecule has 0 bridgehead atoms. The first kappa shape index (κ1) is 14.5. The van der Waals surface area contributed by atoms with Gasteiger partial charge in [0.25, 0.3) is 0 Å². The van der Waals surface area contributed by atoms with Crippen LogP contribution in [-0.4, -0.2) is 21.0 Å². The molecule has 6 heteroatoms. The first-order valence-corrected chi connectivity index (χ1v) is 6.78. The first-order valence-electron chi connectivity index (χ1n) is 6.78. The summed E-state index contributed by atoms with van der Waals surface area (Å²) >= 11 is 0. The van der Waals surface area contributed by atoms with Crippen molar-refractivity contribution in [1.82, 2.24) is 9.97 Å². The molecule has 2 aromatic heterocycles. The Hall–Kier alpha value is -3.41. The first-order chi connectivity index (χ1) is 11.2. The maximum absolute atomic E-state index is 10.9. The molecule has 0 fully saturated rings. The Labute approximate surface area is 132 Å². The molecule has 3 rings (SSSR count). The van der Waals surface area contributed by atoms with Crippen molar-refractivity contribution in [2.45, 2.75) is 0 Å². The second kappa shape index (κ2) is 6.57. The Morgan fingerprint density at radius 1 is 0.870 bits per heavy atom. The van der Waals surface area contributed by atoms with Gasteiger partial charge in [-0.2, -0.15) is 0 Å². The topological polar surface area (TPSA) is 81.5 Å². The van der Waals surface area contributed by atoms with E-state index in [0.717, 1.165) is 0 Å². The predicted octanol–water partition coefficient (Wildman–Crippen LogP) is 3.76. The molecule has 0 amide bonds. The average molecular weight is 308 g/mol. The SMILES string of the molecule is O=C(O)c1cccc(Oc2cccc(Oc3ccccn3)c2)n1. The van der Waals surface area contributed by atoms with Crippen LogP contribution in [0.3, 0.4) is 0 Å². The van der Waals surface area contributed by atoms with Gasteiger partial charge in [0.2, 0.25) is 11.8 Å². The van der Waals surface area contributed by atoms with E-state index >= 15 is 0 Å². The van der Waals surface area contributed by atoms with Gasteiger partial charge in [-0.3, -0.25) is 0 Å². The number of carboxylic acid groups (broad SMARTS) is 1. The van der Waals surface area contributed by atoms with E-state index in [4.69, 9.17) is 14.6 Å². The van der Waals surface area contributed by atoms with Crippen LogP contribution in [0.4, 0.5) is 0 Å². The number of pyridine rings is 2. The summed E-state index contributed by atoms with van der Waals surface area (Å²) in [5, 5.41) is 8.94. The summed E-state index contributed by atoms with van der Waals surface area (Å²) in [6.07, 6.45) is 1.64. The number of hydrogen-bond acceptors (Lipinski definition) is 5. The number of rotatable bonds is 5. The van der Waals surface area contributed by atoms with E-state index in [2.05, 4.69) is 9.97 Å². The third-order valence-electron chi connectivity index (χ3n) is 2.83. The van der Waals surface area contributed by atoms with Crippen molar-refractivity contribution in [1.29, 1.82) is 0 Å². The molecule has 1 aromatic carbocycles. The Kier molecular flexibility index (Phi) is 4.15. The van der Waals surface area contributed by atoms with Gasteiger partial charge in [0, 0.05) is 24.4 Å². The van der Waals surface area contributed by atoms with Gasteiger partial charge >= 0.3 is 5.97 Å². The Bertz CT molecular complexity index is 822. The molecule has 6 nitrogen and oxygen atoms in total. The number of carboxylic acids is 1. The fraction of sp³-hybridized carbons (Fsp3) is 0. The number of aromatic nitrogens is 2. The highest BCUT2D eigenvalue weighted by atomic mass is 16.5. The summed E-state index contributed by atoms with van der Waals surface area (Å²) in [5.41, 5.74) is -0.0802. The number of benzene rings is 1. The van der Waals surface area contributed by atoms with Crippen molar-refractivity contribution in [3.05, 3.63) is 72.6 Å². The van der Waals surface area contributed by atoms with Gasteiger partial charge in [0.05, 0.1) is 0 Å². The third kappa shape index (κ3) is 3.82. The molecule has 0 unspecified atom stereocenters. The molecular formula is C17H12N2O4. The van der Waals surface area contributed by atoms with Crippen LogP contribution in [0.5, 0.6) is 23.3 Å². The molecule has 2 heterocycles. The van der Waals surface area contributed by atoms with E-state index in [0.29, 0.717) is 17.4 Å². The number of aromatic carboxylic acids is 1. The van der Waals surface area contributed by atoms with Gasteiger partial charge < -0.3 is 14.6 Å². The highest BCUT2D eigenvalue weighted by Gasteiger charge is 2.07.